The van der Waals surface area contributed by atoms with Gasteiger partial charge in [0.05, 0.1) is 11.6 Å². The summed E-state index contributed by atoms with van der Waals surface area (Å²) in [5.74, 6) is -0.471. The number of nitriles is 2. The molecule has 6 heteroatoms. The van der Waals surface area contributed by atoms with Crippen molar-refractivity contribution in [1.82, 2.24) is 4.57 Å². The Morgan fingerprint density at radius 1 is 1.00 bits per heavy atom. The summed E-state index contributed by atoms with van der Waals surface area (Å²) in [6.45, 7) is 0.505. The molecule has 5 nitrogen and oxygen atoms in total. The molecule has 0 bridgehead atoms. The van der Waals surface area contributed by atoms with Crippen molar-refractivity contribution in [2.45, 2.75) is 6.54 Å². The lowest BCUT2D eigenvalue weighted by molar-refractivity contribution is -0.112. The van der Waals surface area contributed by atoms with Crippen LogP contribution < -0.4 is 5.32 Å². The number of nitrogens with one attached hydrogen (secondary N) is 1. The molecule has 0 unspecified atom stereocenters. The third-order valence-corrected chi connectivity index (χ3v) is 5.59. The highest BCUT2D eigenvalue weighted by molar-refractivity contribution is 9.10. The van der Waals surface area contributed by atoms with E-state index in [4.69, 9.17) is 0 Å². The van der Waals surface area contributed by atoms with Crippen LogP contribution >= 0.6 is 15.9 Å². The van der Waals surface area contributed by atoms with Crippen LogP contribution in [0.25, 0.3) is 17.0 Å². The van der Waals surface area contributed by atoms with Crippen LogP contribution in [-0.2, 0) is 11.3 Å². The summed E-state index contributed by atoms with van der Waals surface area (Å²) in [4.78, 5) is 12.7. The van der Waals surface area contributed by atoms with Gasteiger partial charge in [-0.1, -0.05) is 52.3 Å². The highest BCUT2D eigenvalue weighted by Crippen LogP contribution is 2.25. The number of aromatic nitrogens is 1. The number of hydrogen-bond acceptors (Lipinski definition) is 3. The monoisotopic (exact) mass is 480 g/mol. The van der Waals surface area contributed by atoms with E-state index in [0.29, 0.717) is 17.8 Å². The fourth-order valence-corrected chi connectivity index (χ4v) is 3.77. The summed E-state index contributed by atoms with van der Waals surface area (Å²) in [7, 11) is 0. The van der Waals surface area contributed by atoms with Crippen molar-refractivity contribution in [2.75, 3.05) is 5.32 Å². The molecule has 3 aromatic carbocycles. The van der Waals surface area contributed by atoms with Gasteiger partial charge in [-0.15, -0.1) is 0 Å². The van der Waals surface area contributed by atoms with Crippen molar-refractivity contribution in [3.63, 3.8) is 0 Å². The molecule has 4 rings (SSSR count). The minimum absolute atomic E-state index is 0.00764. The van der Waals surface area contributed by atoms with E-state index in [-0.39, 0.29) is 5.57 Å². The zero-order valence-corrected chi connectivity index (χ0v) is 18.5. The predicted molar refractivity (Wildman–Crippen MR) is 129 cm³/mol. The first kappa shape index (κ1) is 21.1. The maximum atomic E-state index is 12.7. The second kappa shape index (κ2) is 9.34. The van der Waals surface area contributed by atoms with Crippen molar-refractivity contribution in [1.29, 1.82) is 10.5 Å². The van der Waals surface area contributed by atoms with Gasteiger partial charge in [0.15, 0.2) is 0 Å². The van der Waals surface area contributed by atoms with Gasteiger partial charge in [-0.05, 0) is 48.0 Å². The van der Waals surface area contributed by atoms with Gasteiger partial charge in [0.1, 0.15) is 11.6 Å². The van der Waals surface area contributed by atoms with Crippen LogP contribution in [0, 0.1) is 22.7 Å². The molecule has 1 amide bonds. The van der Waals surface area contributed by atoms with E-state index in [1.54, 1.807) is 24.3 Å². The van der Waals surface area contributed by atoms with Crippen LogP contribution in [0.1, 0.15) is 16.7 Å². The Morgan fingerprint density at radius 3 is 2.47 bits per heavy atom. The number of hydrogen-bond donors (Lipinski definition) is 1. The second-order valence-electron chi connectivity index (χ2n) is 7.13. The van der Waals surface area contributed by atoms with Crippen molar-refractivity contribution < 1.29 is 4.79 Å². The number of carbonyl (C=O) groups excluding carboxylic acids is 1. The van der Waals surface area contributed by atoms with Gasteiger partial charge in [-0.2, -0.15) is 10.5 Å². The molecule has 32 heavy (non-hydrogen) atoms. The zero-order chi connectivity index (χ0) is 22.5. The van der Waals surface area contributed by atoms with Crippen LogP contribution in [-0.4, -0.2) is 10.5 Å². The molecule has 1 N–H and O–H groups in total. The highest BCUT2D eigenvalue weighted by atomic mass is 79.9. The molecule has 1 aromatic heterocycles. The lowest BCUT2D eigenvalue weighted by atomic mass is 10.1. The van der Waals surface area contributed by atoms with Gasteiger partial charge in [0, 0.05) is 39.4 Å². The normalized spacial score (nSPS) is 11.0. The third kappa shape index (κ3) is 4.46. The number of rotatable bonds is 5. The van der Waals surface area contributed by atoms with Crippen LogP contribution in [0.15, 0.2) is 89.0 Å². The second-order valence-corrected chi connectivity index (χ2v) is 8.04. The van der Waals surface area contributed by atoms with E-state index in [1.807, 2.05) is 71.4 Å². The van der Waals surface area contributed by atoms with Gasteiger partial charge in [-0.25, -0.2) is 0 Å². The van der Waals surface area contributed by atoms with E-state index in [2.05, 4.69) is 27.3 Å². The largest absolute Gasteiger partial charge is 0.342 e. The molecule has 0 saturated heterocycles. The average Bonchev–Trinajstić information content (AvgIpc) is 3.16. The summed E-state index contributed by atoms with van der Waals surface area (Å²) in [6.07, 6.45) is 3.51. The topological polar surface area (TPSA) is 81.6 Å². The summed E-state index contributed by atoms with van der Waals surface area (Å²) in [5.41, 5.74) is 3.85. The lowest BCUT2D eigenvalue weighted by Crippen LogP contribution is -2.13. The Morgan fingerprint density at radius 2 is 1.72 bits per heavy atom. The molecule has 0 radical (unpaired) electrons. The standard InChI is InChI=1S/C26H17BrN4O/c27-22-9-11-23(12-10-22)30-26(32)20(15-29)13-21-17-31(25-8-4-3-7-24(21)25)16-19-6-2-1-5-18(19)14-28/h1-13,17H,16H2,(H,30,32)/b20-13-. The number of halogens is 1. The summed E-state index contributed by atoms with van der Waals surface area (Å²) >= 11 is 3.36. The maximum Gasteiger partial charge on any atom is 0.266 e. The number of para-hydroxylation sites is 1. The van der Waals surface area contributed by atoms with Crippen LogP contribution in [0.3, 0.4) is 0 Å². The van der Waals surface area contributed by atoms with Crippen LogP contribution in [0.4, 0.5) is 5.69 Å². The SMILES string of the molecule is N#C/C(=C/c1cn(Cc2ccccc2C#N)c2ccccc12)C(=O)Nc1ccc(Br)cc1. The van der Waals surface area contributed by atoms with Gasteiger partial charge < -0.3 is 9.88 Å². The fraction of sp³-hybridized carbons (Fsp3) is 0.0385. The van der Waals surface area contributed by atoms with E-state index in [0.717, 1.165) is 26.5 Å². The smallest absolute Gasteiger partial charge is 0.266 e. The van der Waals surface area contributed by atoms with E-state index in [1.165, 1.54) is 0 Å². The number of fused-ring (bicyclic) bond motifs is 1. The molecule has 0 atom stereocenters. The Kier molecular flexibility index (Phi) is 6.17. The molecule has 154 valence electrons. The van der Waals surface area contributed by atoms with Gasteiger partial charge in [0.2, 0.25) is 0 Å². The number of nitrogens with zero attached hydrogens (tertiary/aromatic N) is 3. The van der Waals surface area contributed by atoms with E-state index in [9.17, 15) is 15.3 Å². The van der Waals surface area contributed by atoms with Crippen molar-refractivity contribution in [3.05, 3.63) is 106 Å². The molecule has 0 aliphatic rings. The molecule has 0 saturated carbocycles. The Bertz CT molecular complexity index is 1420. The number of amides is 1. The van der Waals surface area contributed by atoms with E-state index < -0.39 is 5.91 Å². The third-order valence-electron chi connectivity index (χ3n) is 5.06. The predicted octanol–water partition coefficient (Wildman–Crippen LogP) is 5.87. The molecule has 0 fully saturated rings. The Labute approximate surface area is 194 Å². The van der Waals surface area contributed by atoms with Crippen LogP contribution in [0.5, 0.6) is 0 Å². The summed E-state index contributed by atoms with van der Waals surface area (Å²) in [6, 6.07) is 26.7. The molecular formula is C26H17BrN4O. The maximum absolute atomic E-state index is 12.7. The van der Waals surface area contributed by atoms with Gasteiger partial charge in [0.25, 0.3) is 5.91 Å². The minimum Gasteiger partial charge on any atom is -0.342 e. The summed E-state index contributed by atoms with van der Waals surface area (Å²) in [5, 5.41) is 22.7. The first-order valence-corrected chi connectivity index (χ1v) is 10.6. The fourth-order valence-electron chi connectivity index (χ4n) is 3.51. The van der Waals surface area contributed by atoms with Gasteiger partial charge >= 0.3 is 0 Å². The first-order chi connectivity index (χ1) is 15.6. The average molecular weight is 481 g/mol. The van der Waals surface area contributed by atoms with Crippen molar-refractivity contribution >= 4 is 44.5 Å². The molecule has 0 spiro atoms. The van der Waals surface area contributed by atoms with Crippen molar-refractivity contribution in [2.24, 2.45) is 0 Å². The van der Waals surface area contributed by atoms with Gasteiger partial charge in [-0.3, -0.25) is 4.79 Å². The number of anilines is 1. The number of carbonyl (C=O) groups is 1. The van der Waals surface area contributed by atoms with Crippen molar-refractivity contribution in [3.8, 4) is 12.1 Å². The quantitative estimate of drug-likeness (QED) is 0.286. The zero-order valence-electron chi connectivity index (χ0n) is 16.9. The van der Waals surface area contributed by atoms with Crippen LogP contribution in [0.2, 0.25) is 0 Å². The molecule has 4 aromatic rings. The highest BCUT2D eigenvalue weighted by Gasteiger charge is 2.13. The minimum atomic E-state index is -0.471. The Balaban J connectivity index is 1.70. The Hall–Kier alpha value is -4.13. The first-order valence-electron chi connectivity index (χ1n) is 9.83. The summed E-state index contributed by atoms with van der Waals surface area (Å²) < 4.78 is 2.93. The molecular weight excluding hydrogens is 464 g/mol. The number of benzene rings is 3. The molecule has 1 heterocycles. The lowest BCUT2D eigenvalue weighted by Gasteiger charge is -2.07. The molecule has 0 aliphatic heterocycles. The molecule has 0 aliphatic carbocycles. The van der Waals surface area contributed by atoms with E-state index >= 15 is 0 Å².